The van der Waals surface area contributed by atoms with Crippen molar-refractivity contribution >= 4 is 11.9 Å². The first-order valence-corrected chi connectivity index (χ1v) is 11.1. The van der Waals surface area contributed by atoms with E-state index in [1.54, 1.807) is 0 Å². The first-order valence-electron chi connectivity index (χ1n) is 11.1. The van der Waals surface area contributed by atoms with Crippen molar-refractivity contribution < 1.29 is 4.79 Å². The van der Waals surface area contributed by atoms with Crippen molar-refractivity contribution in [2.75, 3.05) is 0 Å². The molecule has 0 bridgehead atoms. The molecule has 2 aromatic rings. The molecule has 2 aromatic carbocycles. The van der Waals surface area contributed by atoms with Crippen LogP contribution in [0.1, 0.15) is 79.6 Å². The molecule has 2 atom stereocenters. The van der Waals surface area contributed by atoms with E-state index in [-0.39, 0.29) is 5.78 Å². The number of rotatable bonds is 7. The summed E-state index contributed by atoms with van der Waals surface area (Å²) < 4.78 is 0. The lowest BCUT2D eigenvalue weighted by Gasteiger charge is -2.28. The van der Waals surface area contributed by atoms with E-state index >= 15 is 0 Å². The Morgan fingerprint density at radius 3 is 2.52 bits per heavy atom. The highest BCUT2D eigenvalue weighted by Gasteiger charge is 2.23. The van der Waals surface area contributed by atoms with Crippen molar-refractivity contribution in [2.45, 2.75) is 66.2 Å². The first kappa shape index (κ1) is 21.6. The fraction of sp³-hybridized carbons (Fsp3) is 0.464. The second-order valence-electron chi connectivity index (χ2n) is 9.97. The highest BCUT2D eigenvalue weighted by atomic mass is 16.1. The topological polar surface area (TPSA) is 17.1 Å². The number of carbonyl (C=O) groups is 1. The van der Waals surface area contributed by atoms with Crippen molar-refractivity contribution in [3.8, 4) is 0 Å². The minimum Gasteiger partial charge on any atom is -0.294 e. The zero-order valence-electron chi connectivity index (χ0n) is 18.6. The van der Waals surface area contributed by atoms with Crippen molar-refractivity contribution in [1.82, 2.24) is 0 Å². The molecule has 1 aliphatic rings. The summed E-state index contributed by atoms with van der Waals surface area (Å²) in [5.74, 6) is 1.44. The monoisotopic (exact) mass is 388 g/mol. The zero-order valence-corrected chi connectivity index (χ0v) is 18.6. The molecule has 3 rings (SSSR count). The van der Waals surface area contributed by atoms with Crippen LogP contribution in [0.3, 0.4) is 0 Å². The number of benzene rings is 2. The van der Waals surface area contributed by atoms with Crippen LogP contribution in [0.5, 0.6) is 0 Å². The van der Waals surface area contributed by atoms with E-state index in [4.69, 9.17) is 0 Å². The van der Waals surface area contributed by atoms with Crippen molar-refractivity contribution in [3.63, 3.8) is 0 Å². The third-order valence-electron chi connectivity index (χ3n) is 6.89. The summed E-state index contributed by atoms with van der Waals surface area (Å²) >= 11 is 0. The van der Waals surface area contributed by atoms with Crippen molar-refractivity contribution in [1.29, 1.82) is 0 Å². The van der Waals surface area contributed by atoms with Gasteiger partial charge in [-0.1, -0.05) is 82.8 Å². The van der Waals surface area contributed by atoms with Gasteiger partial charge in [0.1, 0.15) is 0 Å². The van der Waals surface area contributed by atoms with E-state index in [1.807, 2.05) is 30.3 Å². The van der Waals surface area contributed by atoms with Crippen LogP contribution in [0, 0.1) is 17.3 Å². The lowest BCUT2D eigenvalue weighted by atomic mass is 9.78. The highest BCUT2D eigenvalue weighted by Crippen LogP contribution is 2.32. The van der Waals surface area contributed by atoms with Gasteiger partial charge in [0, 0.05) is 12.0 Å². The van der Waals surface area contributed by atoms with Gasteiger partial charge >= 0.3 is 0 Å². The van der Waals surface area contributed by atoms with Gasteiger partial charge in [0.15, 0.2) is 5.78 Å². The van der Waals surface area contributed by atoms with E-state index in [0.29, 0.717) is 17.8 Å². The van der Waals surface area contributed by atoms with Gasteiger partial charge in [-0.15, -0.1) is 0 Å². The Morgan fingerprint density at radius 2 is 1.86 bits per heavy atom. The standard InChI is InChI=1S/C28H36O/c1-6-21-9-13-24(14-10-21)27(29)19-23-12-16-25-17-22(11-15-26(25)18-23)8-7-20(2)28(3,4)5/h6,9-11,13-15,17,20,23H,1,7-8,12,16,18-19H2,2-5H3/t20-,23+/m1/s1. The predicted molar refractivity (Wildman–Crippen MR) is 124 cm³/mol. The van der Waals surface area contributed by atoms with Crippen LogP contribution < -0.4 is 0 Å². The van der Waals surface area contributed by atoms with E-state index in [9.17, 15) is 4.79 Å². The van der Waals surface area contributed by atoms with Gasteiger partial charge in [-0.3, -0.25) is 4.79 Å². The quantitative estimate of drug-likeness (QED) is 0.454. The number of carbonyl (C=O) groups excluding carboxylic acids is 1. The van der Waals surface area contributed by atoms with Gasteiger partial charge in [-0.2, -0.15) is 0 Å². The Kier molecular flexibility index (Phi) is 6.77. The molecule has 1 aliphatic carbocycles. The summed E-state index contributed by atoms with van der Waals surface area (Å²) in [6.07, 6.45) is 8.11. The minimum atomic E-state index is 0.266. The Bertz CT molecular complexity index is 851. The van der Waals surface area contributed by atoms with Crippen LogP contribution in [0.25, 0.3) is 6.08 Å². The van der Waals surface area contributed by atoms with E-state index in [2.05, 4.69) is 52.5 Å². The summed E-state index contributed by atoms with van der Waals surface area (Å²) in [6, 6.07) is 14.9. The fourth-order valence-corrected chi connectivity index (χ4v) is 4.21. The maximum atomic E-state index is 12.7. The largest absolute Gasteiger partial charge is 0.294 e. The van der Waals surface area contributed by atoms with Crippen LogP contribution in [0.15, 0.2) is 49.0 Å². The van der Waals surface area contributed by atoms with Crippen molar-refractivity contribution in [3.05, 3.63) is 76.9 Å². The molecule has 1 heteroatoms. The second kappa shape index (κ2) is 9.11. The van der Waals surface area contributed by atoms with Gasteiger partial charge in [-0.05, 0) is 71.6 Å². The molecule has 0 saturated carbocycles. The maximum Gasteiger partial charge on any atom is 0.163 e. The predicted octanol–water partition coefficient (Wildman–Crippen LogP) is 7.32. The molecule has 0 N–H and O–H groups in total. The van der Waals surface area contributed by atoms with E-state index in [0.717, 1.165) is 42.7 Å². The molecule has 1 nitrogen and oxygen atoms in total. The number of Topliss-reactive ketones (excluding diaryl/α,β-unsaturated/α-hetero) is 1. The average molecular weight is 389 g/mol. The maximum absolute atomic E-state index is 12.7. The van der Waals surface area contributed by atoms with Gasteiger partial charge in [0.05, 0.1) is 0 Å². The molecule has 29 heavy (non-hydrogen) atoms. The Hall–Kier alpha value is -2.15. The first-order chi connectivity index (χ1) is 13.8. The van der Waals surface area contributed by atoms with Crippen LogP contribution in [0.4, 0.5) is 0 Å². The third-order valence-corrected chi connectivity index (χ3v) is 6.89. The molecular weight excluding hydrogens is 352 g/mol. The van der Waals surface area contributed by atoms with Gasteiger partial charge in [0.2, 0.25) is 0 Å². The molecule has 0 amide bonds. The van der Waals surface area contributed by atoms with Crippen LogP contribution >= 0.6 is 0 Å². The summed E-state index contributed by atoms with van der Waals surface area (Å²) in [4.78, 5) is 12.7. The summed E-state index contributed by atoms with van der Waals surface area (Å²) in [5.41, 5.74) is 6.68. The SMILES string of the molecule is C=Cc1ccc(C(=O)C[C@H]2CCc3cc(CC[C@@H](C)C(C)(C)C)ccc3C2)cc1. The van der Waals surface area contributed by atoms with Crippen LogP contribution in [-0.2, 0) is 19.3 Å². The molecule has 0 spiro atoms. The molecule has 154 valence electrons. The van der Waals surface area contributed by atoms with Gasteiger partial charge < -0.3 is 0 Å². The number of hydrogen-bond acceptors (Lipinski definition) is 1. The normalized spacial score (nSPS) is 17.4. The average Bonchev–Trinajstić information content (AvgIpc) is 2.71. The lowest BCUT2D eigenvalue weighted by molar-refractivity contribution is 0.0957. The summed E-state index contributed by atoms with van der Waals surface area (Å²) in [6.45, 7) is 13.1. The van der Waals surface area contributed by atoms with Gasteiger partial charge in [0.25, 0.3) is 0 Å². The minimum absolute atomic E-state index is 0.266. The van der Waals surface area contributed by atoms with Crippen LogP contribution in [-0.4, -0.2) is 5.78 Å². The van der Waals surface area contributed by atoms with Crippen LogP contribution in [0.2, 0.25) is 0 Å². The lowest BCUT2D eigenvalue weighted by Crippen LogP contribution is -2.19. The Morgan fingerprint density at radius 1 is 1.14 bits per heavy atom. The number of aryl methyl sites for hydroxylation is 2. The molecule has 0 saturated heterocycles. The molecule has 0 radical (unpaired) electrons. The molecule has 0 fully saturated rings. The fourth-order valence-electron chi connectivity index (χ4n) is 4.21. The Balaban J connectivity index is 1.58. The molecule has 0 aliphatic heterocycles. The number of hydrogen-bond donors (Lipinski definition) is 0. The molecule has 0 aromatic heterocycles. The molecular formula is C28H36O. The third kappa shape index (κ3) is 5.69. The van der Waals surface area contributed by atoms with Gasteiger partial charge in [-0.25, -0.2) is 0 Å². The highest BCUT2D eigenvalue weighted by molar-refractivity contribution is 5.96. The van der Waals surface area contributed by atoms with E-state index < -0.39 is 0 Å². The molecule has 0 heterocycles. The van der Waals surface area contributed by atoms with E-state index in [1.165, 1.54) is 23.1 Å². The smallest absolute Gasteiger partial charge is 0.163 e. The second-order valence-corrected chi connectivity index (χ2v) is 9.97. The summed E-state index contributed by atoms with van der Waals surface area (Å²) in [7, 11) is 0. The summed E-state index contributed by atoms with van der Waals surface area (Å²) in [5, 5.41) is 0. The zero-order chi connectivity index (χ0) is 21.0. The Labute approximate surface area is 177 Å². The number of ketones is 1. The number of fused-ring (bicyclic) bond motifs is 1. The molecule has 0 unspecified atom stereocenters. The van der Waals surface area contributed by atoms with Crippen molar-refractivity contribution in [2.24, 2.45) is 17.3 Å².